The molecule has 9 heteroatoms. The number of sulfonamides is 1. The standard InChI is InChI=1S/C11H20N6O2S/c1-7-9(14-5-2-6-20(13,18)19)15-11(8-3-4-8)16-10(7)17-12/h8H,2-6,12H2,1H3,(H2,13,18,19)(H2,14,15,16,17). The molecular formula is C11H20N6O2S. The number of hydrogen-bond donors (Lipinski definition) is 4. The molecule has 1 aromatic rings. The third-order valence-electron chi connectivity index (χ3n) is 3.14. The van der Waals surface area contributed by atoms with Gasteiger partial charge in [0.05, 0.1) is 5.75 Å². The van der Waals surface area contributed by atoms with Crippen LogP contribution in [0.4, 0.5) is 11.6 Å². The second-order valence-electron chi connectivity index (χ2n) is 4.97. The zero-order valence-electron chi connectivity index (χ0n) is 11.4. The van der Waals surface area contributed by atoms with E-state index >= 15 is 0 Å². The minimum Gasteiger partial charge on any atom is -0.370 e. The fourth-order valence-electron chi connectivity index (χ4n) is 1.85. The zero-order chi connectivity index (χ0) is 14.8. The highest BCUT2D eigenvalue weighted by atomic mass is 32.2. The second kappa shape index (κ2) is 5.90. The molecule has 0 spiro atoms. The largest absolute Gasteiger partial charge is 0.370 e. The van der Waals surface area contributed by atoms with Crippen molar-refractivity contribution in [3.63, 3.8) is 0 Å². The average molecular weight is 300 g/mol. The molecule has 0 atom stereocenters. The average Bonchev–Trinajstić information content (AvgIpc) is 3.19. The van der Waals surface area contributed by atoms with E-state index in [1.807, 2.05) is 6.92 Å². The molecule has 0 radical (unpaired) electrons. The van der Waals surface area contributed by atoms with E-state index in [2.05, 4.69) is 20.7 Å². The van der Waals surface area contributed by atoms with Crippen molar-refractivity contribution in [3.05, 3.63) is 11.4 Å². The van der Waals surface area contributed by atoms with Gasteiger partial charge in [-0.25, -0.2) is 29.4 Å². The van der Waals surface area contributed by atoms with Crippen molar-refractivity contribution in [1.29, 1.82) is 0 Å². The lowest BCUT2D eigenvalue weighted by molar-refractivity contribution is 0.595. The van der Waals surface area contributed by atoms with E-state index in [1.54, 1.807) is 0 Å². The minimum absolute atomic E-state index is 0.0540. The summed E-state index contributed by atoms with van der Waals surface area (Å²) in [7, 11) is -3.42. The quantitative estimate of drug-likeness (QED) is 0.317. The van der Waals surface area contributed by atoms with Crippen LogP contribution in [0.3, 0.4) is 0 Å². The zero-order valence-corrected chi connectivity index (χ0v) is 12.2. The normalized spacial score (nSPS) is 15.2. The first-order chi connectivity index (χ1) is 9.40. The van der Waals surface area contributed by atoms with E-state index in [4.69, 9.17) is 11.0 Å². The Morgan fingerprint density at radius 1 is 1.30 bits per heavy atom. The molecule has 8 nitrogen and oxygen atoms in total. The molecule has 6 N–H and O–H groups in total. The predicted molar refractivity (Wildman–Crippen MR) is 77.6 cm³/mol. The molecular weight excluding hydrogens is 280 g/mol. The summed E-state index contributed by atoms with van der Waals surface area (Å²) in [5, 5.41) is 8.07. The molecule has 1 aromatic heterocycles. The summed E-state index contributed by atoms with van der Waals surface area (Å²) in [6.45, 7) is 2.33. The lowest BCUT2D eigenvalue weighted by Crippen LogP contribution is -2.19. The van der Waals surface area contributed by atoms with Gasteiger partial charge in [-0.05, 0) is 26.2 Å². The molecule has 112 valence electrons. The molecule has 0 unspecified atom stereocenters. The number of nitrogens with zero attached hydrogens (tertiary/aromatic N) is 2. The Morgan fingerprint density at radius 2 is 1.95 bits per heavy atom. The molecule has 1 aliphatic rings. The monoisotopic (exact) mass is 300 g/mol. The lowest BCUT2D eigenvalue weighted by Gasteiger charge is -2.13. The van der Waals surface area contributed by atoms with Crippen LogP contribution in [0.25, 0.3) is 0 Å². The maximum atomic E-state index is 10.9. The Kier molecular flexibility index (Phi) is 4.41. The highest BCUT2D eigenvalue weighted by Crippen LogP contribution is 2.39. The number of hydrazine groups is 1. The third-order valence-corrected chi connectivity index (χ3v) is 4.00. The van der Waals surface area contributed by atoms with Crippen molar-refractivity contribution in [1.82, 2.24) is 9.97 Å². The van der Waals surface area contributed by atoms with Gasteiger partial charge in [-0.3, -0.25) is 0 Å². The van der Waals surface area contributed by atoms with Crippen molar-refractivity contribution in [2.45, 2.75) is 32.1 Å². The number of rotatable bonds is 7. The van der Waals surface area contributed by atoms with Gasteiger partial charge in [0.2, 0.25) is 10.0 Å². The summed E-state index contributed by atoms with van der Waals surface area (Å²) in [5.41, 5.74) is 3.38. The van der Waals surface area contributed by atoms with Gasteiger partial charge in [0.25, 0.3) is 0 Å². The summed E-state index contributed by atoms with van der Waals surface area (Å²) >= 11 is 0. The molecule has 1 heterocycles. The van der Waals surface area contributed by atoms with Gasteiger partial charge in [0, 0.05) is 18.0 Å². The van der Waals surface area contributed by atoms with Crippen molar-refractivity contribution >= 4 is 21.7 Å². The molecule has 0 amide bonds. The topological polar surface area (TPSA) is 136 Å². The maximum absolute atomic E-state index is 10.9. The van der Waals surface area contributed by atoms with Crippen LogP contribution in [0, 0.1) is 6.92 Å². The molecule has 2 rings (SSSR count). The Balaban J connectivity index is 2.04. The van der Waals surface area contributed by atoms with E-state index in [9.17, 15) is 8.42 Å². The molecule has 0 aliphatic heterocycles. The van der Waals surface area contributed by atoms with Crippen LogP contribution in [0.5, 0.6) is 0 Å². The number of hydrogen-bond acceptors (Lipinski definition) is 7. The third kappa shape index (κ3) is 4.02. The highest BCUT2D eigenvalue weighted by molar-refractivity contribution is 7.89. The fourth-order valence-corrected chi connectivity index (χ4v) is 2.40. The van der Waals surface area contributed by atoms with E-state index in [1.165, 1.54) is 0 Å². The smallest absolute Gasteiger partial charge is 0.209 e. The van der Waals surface area contributed by atoms with Gasteiger partial charge >= 0.3 is 0 Å². The van der Waals surface area contributed by atoms with Gasteiger partial charge in [0.15, 0.2) is 0 Å². The fraction of sp³-hybridized carbons (Fsp3) is 0.636. The number of nitrogens with two attached hydrogens (primary N) is 2. The first-order valence-corrected chi connectivity index (χ1v) is 8.21. The van der Waals surface area contributed by atoms with Gasteiger partial charge in [-0.15, -0.1) is 0 Å². The lowest BCUT2D eigenvalue weighted by atomic mass is 10.2. The Morgan fingerprint density at radius 3 is 2.50 bits per heavy atom. The van der Waals surface area contributed by atoms with E-state index in [0.717, 1.165) is 24.2 Å². The van der Waals surface area contributed by atoms with E-state index in [-0.39, 0.29) is 5.75 Å². The molecule has 0 bridgehead atoms. The van der Waals surface area contributed by atoms with Crippen LogP contribution in [0.2, 0.25) is 0 Å². The van der Waals surface area contributed by atoms with Crippen molar-refractivity contribution in [3.8, 4) is 0 Å². The van der Waals surface area contributed by atoms with Crippen molar-refractivity contribution in [2.24, 2.45) is 11.0 Å². The number of anilines is 2. The Hall–Kier alpha value is -1.45. The number of aromatic nitrogens is 2. The second-order valence-corrected chi connectivity index (χ2v) is 6.70. The molecule has 0 saturated heterocycles. The molecule has 1 saturated carbocycles. The van der Waals surface area contributed by atoms with Crippen molar-refractivity contribution < 1.29 is 8.42 Å². The number of nitrogens with one attached hydrogen (secondary N) is 2. The van der Waals surface area contributed by atoms with Crippen LogP contribution < -0.4 is 21.7 Å². The first-order valence-electron chi connectivity index (χ1n) is 6.50. The van der Waals surface area contributed by atoms with Crippen molar-refractivity contribution in [2.75, 3.05) is 23.0 Å². The van der Waals surface area contributed by atoms with E-state index < -0.39 is 10.0 Å². The SMILES string of the molecule is Cc1c(NN)nc(C2CC2)nc1NCCCS(N)(=O)=O. The van der Waals surface area contributed by atoms with Crippen LogP contribution >= 0.6 is 0 Å². The highest BCUT2D eigenvalue weighted by Gasteiger charge is 2.28. The van der Waals surface area contributed by atoms with Gasteiger partial charge in [-0.2, -0.15) is 0 Å². The minimum atomic E-state index is -3.42. The van der Waals surface area contributed by atoms with Gasteiger partial charge in [0.1, 0.15) is 17.5 Å². The van der Waals surface area contributed by atoms with Crippen LogP contribution in [0.15, 0.2) is 0 Å². The van der Waals surface area contributed by atoms with Crippen LogP contribution in [0.1, 0.15) is 36.6 Å². The van der Waals surface area contributed by atoms with Gasteiger partial charge < -0.3 is 10.7 Å². The van der Waals surface area contributed by atoms with Crippen LogP contribution in [-0.2, 0) is 10.0 Å². The summed E-state index contributed by atoms with van der Waals surface area (Å²) < 4.78 is 21.7. The van der Waals surface area contributed by atoms with E-state index in [0.29, 0.717) is 30.5 Å². The molecule has 0 aromatic carbocycles. The predicted octanol–water partition coefficient (Wildman–Crippen LogP) is 0.0385. The summed E-state index contributed by atoms with van der Waals surface area (Å²) in [6, 6.07) is 0. The Bertz CT molecular complexity index is 585. The maximum Gasteiger partial charge on any atom is 0.209 e. The van der Waals surface area contributed by atoms with Gasteiger partial charge in [-0.1, -0.05) is 0 Å². The van der Waals surface area contributed by atoms with Crippen LogP contribution in [-0.4, -0.2) is 30.7 Å². The Labute approximate surface area is 118 Å². The molecule has 20 heavy (non-hydrogen) atoms. The molecule has 1 fully saturated rings. The summed E-state index contributed by atoms with van der Waals surface area (Å²) in [4.78, 5) is 8.86. The first kappa shape index (κ1) is 14.9. The molecule has 1 aliphatic carbocycles. The number of primary sulfonamides is 1. The number of nitrogen functional groups attached to an aromatic ring is 1. The summed E-state index contributed by atoms with van der Waals surface area (Å²) in [6.07, 6.45) is 2.61. The summed E-state index contributed by atoms with van der Waals surface area (Å²) in [5.74, 6) is 7.87.